The molecule has 0 unspecified atom stereocenters. The molecule has 0 aliphatic rings. The Morgan fingerprint density at radius 3 is 2.41 bits per heavy atom. The monoisotopic (exact) mass is 362 g/mol. The smallest absolute Gasteiger partial charge is 0.241 e. The summed E-state index contributed by atoms with van der Waals surface area (Å²) >= 11 is 0. The second-order valence-corrected chi connectivity index (χ2v) is 6.37. The molecule has 0 aliphatic heterocycles. The molecule has 138 valence electrons. The summed E-state index contributed by atoms with van der Waals surface area (Å²) in [6.07, 6.45) is 1.62. The number of nitrogens with one attached hydrogen (secondary N) is 2. The predicted molar refractivity (Wildman–Crippen MR) is 105 cm³/mol. The highest BCUT2D eigenvalue weighted by Gasteiger charge is 2.22. The van der Waals surface area contributed by atoms with Crippen molar-refractivity contribution in [2.45, 2.75) is 25.9 Å². The summed E-state index contributed by atoms with van der Waals surface area (Å²) in [5.74, 6) is 0.502. The van der Waals surface area contributed by atoms with Gasteiger partial charge in [-0.1, -0.05) is 42.5 Å². The topological polar surface area (TPSA) is 71.3 Å². The van der Waals surface area contributed by atoms with Gasteiger partial charge in [-0.3, -0.25) is 14.9 Å². The number of anilines is 1. The molecule has 27 heavy (non-hydrogen) atoms. The average molecular weight is 362 g/mol. The number of Topliss-reactive ketones (excluding diaryl/α,β-unsaturated/α-hetero) is 1. The lowest BCUT2D eigenvalue weighted by atomic mass is 10.0. The van der Waals surface area contributed by atoms with Crippen LogP contribution in [-0.2, 0) is 4.79 Å². The van der Waals surface area contributed by atoms with Crippen LogP contribution in [0, 0.1) is 0 Å². The summed E-state index contributed by atoms with van der Waals surface area (Å²) in [7, 11) is 0. The van der Waals surface area contributed by atoms with Crippen molar-refractivity contribution in [3.63, 3.8) is 0 Å². The predicted octanol–water partition coefficient (Wildman–Crippen LogP) is 4.19. The minimum absolute atomic E-state index is 0.0424. The van der Waals surface area contributed by atoms with Gasteiger partial charge in [-0.15, -0.1) is 0 Å². The lowest BCUT2D eigenvalue weighted by Crippen LogP contribution is -2.40. The van der Waals surface area contributed by atoms with E-state index in [1.165, 1.54) is 6.92 Å². The van der Waals surface area contributed by atoms with Crippen molar-refractivity contribution in [1.29, 1.82) is 0 Å². The van der Waals surface area contributed by atoms with Gasteiger partial charge in [0.05, 0.1) is 18.3 Å². The van der Waals surface area contributed by atoms with E-state index in [-0.39, 0.29) is 17.7 Å². The summed E-state index contributed by atoms with van der Waals surface area (Å²) in [6, 6.07) is 19.7. The van der Waals surface area contributed by atoms with Crippen LogP contribution < -0.4 is 10.6 Å². The van der Waals surface area contributed by atoms with Crippen LogP contribution in [0.25, 0.3) is 0 Å². The first-order valence-corrected chi connectivity index (χ1v) is 8.81. The Bertz CT molecular complexity index is 904. The van der Waals surface area contributed by atoms with Crippen molar-refractivity contribution >= 4 is 17.4 Å². The summed E-state index contributed by atoms with van der Waals surface area (Å²) in [4.78, 5) is 24.2. The first kappa shape index (κ1) is 18.6. The standard InChI is InChI=1S/C22H22N2O3/c1-15(22(26)24-19-11-6-10-18(14-19)16(2)25)23-21(20-12-7-13-27-20)17-8-4-3-5-9-17/h3-15,21,23H,1-2H3,(H,24,26)/t15-,21+/m1/s1. The van der Waals surface area contributed by atoms with Crippen LogP contribution in [0.3, 0.4) is 0 Å². The number of carbonyl (C=O) groups is 2. The van der Waals surface area contributed by atoms with E-state index in [0.29, 0.717) is 11.3 Å². The second kappa shape index (κ2) is 8.47. The molecule has 0 saturated heterocycles. The van der Waals surface area contributed by atoms with Gasteiger partial charge in [-0.25, -0.2) is 0 Å². The van der Waals surface area contributed by atoms with Crippen LogP contribution in [0.2, 0.25) is 0 Å². The van der Waals surface area contributed by atoms with Gasteiger partial charge in [0.2, 0.25) is 5.91 Å². The molecule has 5 heteroatoms. The van der Waals surface area contributed by atoms with Crippen LogP contribution in [0.1, 0.15) is 41.6 Å². The van der Waals surface area contributed by atoms with Gasteiger partial charge >= 0.3 is 0 Å². The maximum atomic E-state index is 12.6. The number of carbonyl (C=O) groups excluding carboxylic acids is 2. The molecule has 2 atom stereocenters. The molecule has 0 saturated carbocycles. The lowest BCUT2D eigenvalue weighted by Gasteiger charge is -2.22. The highest BCUT2D eigenvalue weighted by atomic mass is 16.3. The molecule has 3 rings (SSSR count). The van der Waals surface area contributed by atoms with E-state index in [9.17, 15) is 9.59 Å². The molecular weight excluding hydrogens is 340 g/mol. The SMILES string of the molecule is CC(=O)c1cccc(NC(=O)[C@@H](C)N[C@@H](c2ccccc2)c2ccco2)c1. The molecule has 3 aromatic rings. The van der Waals surface area contributed by atoms with E-state index in [0.717, 1.165) is 11.3 Å². The highest BCUT2D eigenvalue weighted by molar-refractivity contribution is 5.98. The second-order valence-electron chi connectivity index (χ2n) is 6.37. The number of amides is 1. The zero-order chi connectivity index (χ0) is 19.2. The zero-order valence-corrected chi connectivity index (χ0v) is 15.3. The Hall–Kier alpha value is -3.18. The van der Waals surface area contributed by atoms with E-state index in [2.05, 4.69) is 10.6 Å². The van der Waals surface area contributed by atoms with Crippen molar-refractivity contribution in [3.05, 3.63) is 89.9 Å². The third-order valence-electron chi connectivity index (χ3n) is 4.31. The van der Waals surface area contributed by atoms with Crippen LogP contribution in [-0.4, -0.2) is 17.7 Å². The third kappa shape index (κ3) is 4.71. The quantitative estimate of drug-likeness (QED) is 0.618. The average Bonchev–Trinajstić information content (AvgIpc) is 3.21. The van der Waals surface area contributed by atoms with Crippen LogP contribution in [0.4, 0.5) is 5.69 Å². The number of ketones is 1. The largest absolute Gasteiger partial charge is 0.467 e. The van der Waals surface area contributed by atoms with Gasteiger partial charge in [0.1, 0.15) is 5.76 Å². The Labute approximate surface area is 158 Å². The Kier molecular flexibility index (Phi) is 5.84. The van der Waals surface area contributed by atoms with Crippen LogP contribution in [0.5, 0.6) is 0 Å². The van der Waals surface area contributed by atoms with Gasteiger partial charge < -0.3 is 9.73 Å². The molecule has 0 aliphatic carbocycles. The Balaban J connectivity index is 1.74. The molecule has 0 bridgehead atoms. The molecule has 5 nitrogen and oxygen atoms in total. The minimum Gasteiger partial charge on any atom is -0.467 e. The van der Waals surface area contributed by atoms with Gasteiger partial charge in [-0.2, -0.15) is 0 Å². The highest BCUT2D eigenvalue weighted by Crippen LogP contribution is 2.23. The summed E-state index contributed by atoms with van der Waals surface area (Å²) < 4.78 is 5.56. The number of furan rings is 1. The number of hydrogen-bond acceptors (Lipinski definition) is 4. The molecule has 0 radical (unpaired) electrons. The molecule has 1 heterocycles. The van der Waals surface area contributed by atoms with Crippen molar-refractivity contribution in [1.82, 2.24) is 5.32 Å². The lowest BCUT2D eigenvalue weighted by molar-refractivity contribution is -0.117. The normalized spacial score (nSPS) is 13.0. The number of rotatable bonds is 7. The molecule has 0 fully saturated rings. The van der Waals surface area contributed by atoms with E-state index >= 15 is 0 Å². The van der Waals surface area contributed by atoms with Crippen LogP contribution in [0.15, 0.2) is 77.4 Å². The van der Waals surface area contributed by atoms with Crippen LogP contribution >= 0.6 is 0 Å². The van der Waals surface area contributed by atoms with E-state index in [4.69, 9.17) is 4.42 Å². The summed E-state index contributed by atoms with van der Waals surface area (Å²) in [5, 5.41) is 6.18. The molecule has 1 amide bonds. The molecule has 2 N–H and O–H groups in total. The molecule has 2 aromatic carbocycles. The fourth-order valence-electron chi connectivity index (χ4n) is 2.84. The van der Waals surface area contributed by atoms with Gasteiger partial charge in [0.25, 0.3) is 0 Å². The Morgan fingerprint density at radius 2 is 1.74 bits per heavy atom. The molecule has 1 aromatic heterocycles. The Morgan fingerprint density at radius 1 is 0.963 bits per heavy atom. The third-order valence-corrected chi connectivity index (χ3v) is 4.31. The van der Waals surface area contributed by atoms with Crippen molar-refractivity contribution in [2.75, 3.05) is 5.32 Å². The van der Waals surface area contributed by atoms with E-state index in [1.54, 1.807) is 37.5 Å². The first-order chi connectivity index (χ1) is 13.0. The summed E-state index contributed by atoms with van der Waals surface area (Å²) in [6.45, 7) is 3.29. The number of hydrogen-bond donors (Lipinski definition) is 2. The first-order valence-electron chi connectivity index (χ1n) is 8.81. The van der Waals surface area contributed by atoms with E-state index in [1.807, 2.05) is 42.5 Å². The maximum Gasteiger partial charge on any atom is 0.241 e. The fraction of sp³-hybridized carbons (Fsp3) is 0.182. The fourth-order valence-corrected chi connectivity index (χ4v) is 2.84. The molecule has 0 spiro atoms. The van der Waals surface area contributed by atoms with Crippen molar-refractivity contribution in [3.8, 4) is 0 Å². The maximum absolute atomic E-state index is 12.6. The summed E-state index contributed by atoms with van der Waals surface area (Å²) in [5.41, 5.74) is 2.16. The van der Waals surface area contributed by atoms with Gasteiger partial charge in [0, 0.05) is 11.3 Å². The molecular formula is C22H22N2O3. The van der Waals surface area contributed by atoms with Gasteiger partial charge in [-0.05, 0) is 43.7 Å². The van der Waals surface area contributed by atoms with Crippen molar-refractivity contribution < 1.29 is 14.0 Å². The zero-order valence-electron chi connectivity index (χ0n) is 15.3. The van der Waals surface area contributed by atoms with Gasteiger partial charge in [0.15, 0.2) is 5.78 Å². The number of benzene rings is 2. The minimum atomic E-state index is -0.485. The van der Waals surface area contributed by atoms with Crippen molar-refractivity contribution in [2.24, 2.45) is 0 Å². The van der Waals surface area contributed by atoms with E-state index < -0.39 is 6.04 Å².